The number of hydrogen-bond donors (Lipinski definition) is 1. The van der Waals surface area contributed by atoms with Crippen LogP contribution in [0.25, 0.3) is 0 Å². The van der Waals surface area contributed by atoms with E-state index in [-0.39, 0.29) is 6.61 Å². The smallest absolute Gasteiger partial charge is 0.407 e. The first-order chi connectivity index (χ1) is 10.6. The molecule has 0 fully saturated rings. The highest BCUT2D eigenvalue weighted by atomic mass is 16.5. The Labute approximate surface area is 128 Å². The van der Waals surface area contributed by atoms with Crippen LogP contribution in [0.5, 0.6) is 0 Å². The molecule has 1 N–H and O–H groups in total. The summed E-state index contributed by atoms with van der Waals surface area (Å²) in [7, 11) is 1.22. The van der Waals surface area contributed by atoms with Crippen molar-refractivity contribution in [2.24, 2.45) is 0 Å². The molecule has 0 saturated heterocycles. The lowest BCUT2D eigenvalue weighted by molar-refractivity contribution is -0.148. The van der Waals surface area contributed by atoms with Crippen LogP contribution in [0, 0.1) is 6.92 Å². The zero-order valence-corrected chi connectivity index (χ0v) is 12.4. The maximum Gasteiger partial charge on any atom is 0.407 e. The fraction of sp³-hybridized carbons (Fsp3) is 0.250. The maximum atomic E-state index is 12.2. The zero-order chi connectivity index (χ0) is 15.9. The molecule has 0 aliphatic heterocycles. The molecule has 1 atom stereocenters. The van der Waals surface area contributed by atoms with Gasteiger partial charge >= 0.3 is 12.1 Å². The lowest BCUT2D eigenvalue weighted by atomic mass is 10.2. The van der Waals surface area contributed by atoms with Gasteiger partial charge < -0.3 is 19.2 Å². The molecular weight excluding hydrogens is 286 g/mol. The molecule has 2 aromatic rings. The summed E-state index contributed by atoms with van der Waals surface area (Å²) in [5.74, 6) is 0.298. The van der Waals surface area contributed by atoms with E-state index in [9.17, 15) is 9.59 Å². The number of methoxy groups -OCH3 is 1. The van der Waals surface area contributed by atoms with Gasteiger partial charge in [0.2, 0.25) is 0 Å². The third-order valence-corrected chi connectivity index (χ3v) is 2.95. The van der Waals surface area contributed by atoms with Crippen LogP contribution in [0.2, 0.25) is 0 Å². The van der Waals surface area contributed by atoms with Crippen LogP contribution in [0.1, 0.15) is 23.1 Å². The Balaban J connectivity index is 2.07. The molecule has 6 heteroatoms. The topological polar surface area (TPSA) is 77.8 Å². The minimum atomic E-state index is -1.05. The maximum absolute atomic E-state index is 12.2. The number of ether oxygens (including phenoxy) is 2. The summed E-state index contributed by atoms with van der Waals surface area (Å²) in [6, 6.07) is 11.5. The molecule has 0 bridgehead atoms. The van der Waals surface area contributed by atoms with Crippen LogP contribution in [0.3, 0.4) is 0 Å². The first-order valence-corrected chi connectivity index (χ1v) is 6.71. The van der Waals surface area contributed by atoms with Gasteiger partial charge in [-0.2, -0.15) is 0 Å². The van der Waals surface area contributed by atoms with Crippen molar-refractivity contribution in [3.63, 3.8) is 0 Å². The van der Waals surface area contributed by atoms with Crippen molar-refractivity contribution in [2.75, 3.05) is 7.11 Å². The molecule has 1 amide bonds. The number of hydrogen-bond acceptors (Lipinski definition) is 5. The Bertz CT molecular complexity index is 635. The van der Waals surface area contributed by atoms with Crippen molar-refractivity contribution in [1.82, 2.24) is 5.32 Å². The van der Waals surface area contributed by atoms with Gasteiger partial charge in [-0.15, -0.1) is 0 Å². The van der Waals surface area contributed by atoms with Crippen molar-refractivity contribution in [3.05, 3.63) is 59.5 Å². The second-order valence-electron chi connectivity index (χ2n) is 4.61. The highest BCUT2D eigenvalue weighted by molar-refractivity contribution is 5.82. The summed E-state index contributed by atoms with van der Waals surface area (Å²) in [4.78, 5) is 23.6. The van der Waals surface area contributed by atoms with Crippen molar-refractivity contribution in [2.45, 2.75) is 19.6 Å². The molecule has 0 radical (unpaired) electrons. The monoisotopic (exact) mass is 303 g/mol. The highest BCUT2D eigenvalue weighted by Crippen LogP contribution is 2.18. The number of nitrogens with one attached hydrogen (secondary N) is 1. The fourth-order valence-electron chi connectivity index (χ4n) is 1.84. The van der Waals surface area contributed by atoms with Gasteiger partial charge in [0.15, 0.2) is 6.04 Å². The normalized spacial score (nSPS) is 11.5. The number of rotatable bonds is 5. The van der Waals surface area contributed by atoms with E-state index in [1.165, 1.54) is 7.11 Å². The predicted molar refractivity (Wildman–Crippen MR) is 78.0 cm³/mol. The van der Waals surface area contributed by atoms with Crippen LogP contribution in [-0.2, 0) is 20.9 Å². The second-order valence-corrected chi connectivity index (χ2v) is 4.61. The van der Waals surface area contributed by atoms with Crippen molar-refractivity contribution < 1.29 is 23.5 Å². The molecular formula is C16H17NO5. The Hall–Kier alpha value is -2.76. The van der Waals surface area contributed by atoms with Gasteiger partial charge in [-0.05, 0) is 24.6 Å². The predicted octanol–water partition coefficient (Wildman–Crippen LogP) is 2.73. The van der Waals surface area contributed by atoms with Crippen molar-refractivity contribution in [1.29, 1.82) is 0 Å². The molecule has 2 rings (SSSR count). The van der Waals surface area contributed by atoms with Crippen LogP contribution >= 0.6 is 0 Å². The molecule has 0 aliphatic rings. The van der Waals surface area contributed by atoms with Crippen molar-refractivity contribution >= 4 is 12.1 Å². The SMILES string of the molecule is COC(=O)N[C@H](C(=O)OCc1ccccc1)c1ccc(C)o1. The summed E-state index contributed by atoms with van der Waals surface area (Å²) in [5, 5.41) is 2.40. The van der Waals surface area contributed by atoms with E-state index < -0.39 is 18.1 Å². The zero-order valence-electron chi connectivity index (χ0n) is 12.4. The van der Waals surface area contributed by atoms with E-state index in [2.05, 4.69) is 10.1 Å². The molecule has 1 heterocycles. The Morgan fingerprint density at radius 2 is 1.91 bits per heavy atom. The lowest BCUT2D eigenvalue weighted by Crippen LogP contribution is -2.34. The quantitative estimate of drug-likeness (QED) is 0.859. The standard InChI is InChI=1S/C16H17NO5/c1-11-8-9-13(22-11)14(17-16(19)20-2)15(18)21-10-12-6-4-3-5-7-12/h3-9,14H,10H2,1-2H3,(H,17,19)/t14-/m0/s1. The average molecular weight is 303 g/mol. The van der Waals surface area contributed by atoms with Crippen LogP contribution in [0.4, 0.5) is 4.79 Å². The summed E-state index contributed by atoms with van der Waals surface area (Å²) in [5.41, 5.74) is 0.850. The molecule has 0 saturated carbocycles. The van der Waals surface area contributed by atoms with Gasteiger partial charge in [0.1, 0.15) is 18.1 Å². The molecule has 6 nitrogen and oxygen atoms in total. The van der Waals surface area contributed by atoms with Gasteiger partial charge in [-0.3, -0.25) is 0 Å². The lowest BCUT2D eigenvalue weighted by Gasteiger charge is -2.15. The first-order valence-electron chi connectivity index (χ1n) is 6.71. The molecule has 1 aromatic carbocycles. The minimum absolute atomic E-state index is 0.110. The first kappa shape index (κ1) is 15.6. The van der Waals surface area contributed by atoms with Crippen LogP contribution in [-0.4, -0.2) is 19.2 Å². The van der Waals surface area contributed by atoms with Crippen LogP contribution < -0.4 is 5.32 Å². The van der Waals surface area contributed by atoms with Gasteiger partial charge in [-0.1, -0.05) is 30.3 Å². The summed E-state index contributed by atoms with van der Waals surface area (Å²) < 4.78 is 15.1. The minimum Gasteiger partial charge on any atom is -0.464 e. The summed E-state index contributed by atoms with van der Waals surface area (Å²) >= 11 is 0. The van der Waals surface area contributed by atoms with Gasteiger partial charge in [-0.25, -0.2) is 9.59 Å². The third-order valence-electron chi connectivity index (χ3n) is 2.95. The number of carbonyl (C=O) groups excluding carboxylic acids is 2. The van der Waals surface area contributed by atoms with Crippen molar-refractivity contribution in [3.8, 4) is 0 Å². The van der Waals surface area contributed by atoms with E-state index in [0.29, 0.717) is 11.5 Å². The van der Waals surface area contributed by atoms with E-state index in [4.69, 9.17) is 9.15 Å². The number of benzene rings is 1. The number of alkyl carbamates (subject to hydrolysis) is 1. The fourth-order valence-corrected chi connectivity index (χ4v) is 1.84. The van der Waals surface area contributed by atoms with E-state index in [1.54, 1.807) is 19.1 Å². The number of furan rings is 1. The number of amides is 1. The van der Waals surface area contributed by atoms with Gasteiger partial charge in [0, 0.05) is 0 Å². The molecule has 0 spiro atoms. The number of aryl methyl sites for hydroxylation is 1. The number of carbonyl (C=O) groups is 2. The average Bonchev–Trinajstić information content (AvgIpc) is 2.97. The molecule has 116 valence electrons. The Morgan fingerprint density at radius 3 is 2.50 bits per heavy atom. The van der Waals surface area contributed by atoms with E-state index in [1.807, 2.05) is 30.3 Å². The Morgan fingerprint density at radius 1 is 1.18 bits per heavy atom. The Kier molecular flexibility index (Phi) is 5.19. The van der Waals surface area contributed by atoms with Gasteiger partial charge in [0.25, 0.3) is 0 Å². The third kappa shape index (κ3) is 4.12. The number of esters is 1. The van der Waals surface area contributed by atoms with Crippen LogP contribution in [0.15, 0.2) is 46.9 Å². The van der Waals surface area contributed by atoms with E-state index in [0.717, 1.165) is 5.56 Å². The molecule has 0 aliphatic carbocycles. The molecule has 22 heavy (non-hydrogen) atoms. The highest BCUT2D eigenvalue weighted by Gasteiger charge is 2.27. The second kappa shape index (κ2) is 7.31. The summed E-state index contributed by atoms with van der Waals surface area (Å²) in [6.45, 7) is 1.85. The molecule has 1 aromatic heterocycles. The molecule has 0 unspecified atom stereocenters. The largest absolute Gasteiger partial charge is 0.464 e. The van der Waals surface area contributed by atoms with Gasteiger partial charge in [0.05, 0.1) is 7.11 Å². The van der Waals surface area contributed by atoms with E-state index >= 15 is 0 Å². The summed E-state index contributed by atoms with van der Waals surface area (Å²) in [6.07, 6.45) is -0.740.